The first-order chi connectivity index (χ1) is 9.65. The minimum absolute atomic E-state index is 0.0228. The van der Waals surface area contributed by atoms with E-state index in [1.54, 1.807) is 20.1 Å². The van der Waals surface area contributed by atoms with Gasteiger partial charge in [0.15, 0.2) is 0 Å². The van der Waals surface area contributed by atoms with Gasteiger partial charge in [-0.2, -0.15) is 4.98 Å². The number of carbonyl (C=O) groups excluding carboxylic acids is 1. The van der Waals surface area contributed by atoms with E-state index in [1.165, 1.54) is 0 Å². The van der Waals surface area contributed by atoms with Gasteiger partial charge in [0.25, 0.3) is 0 Å². The van der Waals surface area contributed by atoms with Crippen LogP contribution < -0.4 is 15.4 Å². The Kier molecular flexibility index (Phi) is 7.34. The molecule has 0 aliphatic carbocycles. The summed E-state index contributed by atoms with van der Waals surface area (Å²) in [5.74, 6) is 1.80. The Morgan fingerprint density at radius 1 is 1.35 bits per heavy atom. The SMILES string of the molecule is CCOc1cc(NCCC(=O)NCCOC)nc(C)n1. The first-order valence-corrected chi connectivity index (χ1v) is 6.63. The van der Waals surface area contributed by atoms with E-state index in [0.717, 1.165) is 0 Å². The standard InChI is InChI=1S/C13H22N4O3/c1-4-20-13-9-11(16-10(2)17-13)14-6-5-12(18)15-7-8-19-3/h9H,4-8H2,1-3H3,(H,15,18)(H,14,16,17). The summed E-state index contributed by atoms with van der Waals surface area (Å²) in [6.07, 6.45) is 0.372. The molecule has 7 nitrogen and oxygen atoms in total. The smallest absolute Gasteiger partial charge is 0.221 e. The molecule has 0 radical (unpaired) electrons. The molecule has 0 saturated carbocycles. The van der Waals surface area contributed by atoms with Crippen LogP contribution in [0.25, 0.3) is 0 Å². The lowest BCUT2D eigenvalue weighted by molar-refractivity contribution is -0.121. The van der Waals surface area contributed by atoms with Crippen LogP contribution in [0.5, 0.6) is 5.88 Å². The second-order valence-corrected chi connectivity index (χ2v) is 4.09. The van der Waals surface area contributed by atoms with Crippen LogP contribution >= 0.6 is 0 Å². The molecule has 0 spiro atoms. The number of rotatable bonds is 9. The minimum Gasteiger partial charge on any atom is -0.478 e. The predicted octanol–water partition coefficient (Wildman–Crippen LogP) is 0.748. The van der Waals surface area contributed by atoms with Gasteiger partial charge in [0.1, 0.15) is 11.6 Å². The Bertz CT molecular complexity index is 426. The summed E-state index contributed by atoms with van der Waals surface area (Å²) in [4.78, 5) is 19.9. The van der Waals surface area contributed by atoms with Gasteiger partial charge in [0, 0.05) is 32.7 Å². The van der Waals surface area contributed by atoms with E-state index >= 15 is 0 Å². The number of methoxy groups -OCH3 is 1. The highest BCUT2D eigenvalue weighted by Gasteiger charge is 2.04. The number of aromatic nitrogens is 2. The third kappa shape index (κ3) is 6.33. The largest absolute Gasteiger partial charge is 0.478 e. The molecule has 1 heterocycles. The Morgan fingerprint density at radius 2 is 2.15 bits per heavy atom. The molecule has 20 heavy (non-hydrogen) atoms. The summed E-state index contributed by atoms with van der Waals surface area (Å²) < 4.78 is 10.2. The average Bonchev–Trinajstić information content (AvgIpc) is 2.39. The molecule has 0 aromatic carbocycles. The molecule has 7 heteroatoms. The number of anilines is 1. The topological polar surface area (TPSA) is 85.4 Å². The quantitative estimate of drug-likeness (QED) is 0.650. The highest BCUT2D eigenvalue weighted by atomic mass is 16.5. The van der Waals surface area contributed by atoms with Crippen molar-refractivity contribution in [2.24, 2.45) is 0 Å². The molecule has 1 amide bonds. The van der Waals surface area contributed by atoms with Crippen molar-refractivity contribution in [3.05, 3.63) is 11.9 Å². The fourth-order valence-electron chi connectivity index (χ4n) is 1.54. The predicted molar refractivity (Wildman–Crippen MR) is 75.9 cm³/mol. The first kappa shape index (κ1) is 16.2. The van der Waals surface area contributed by atoms with E-state index in [0.29, 0.717) is 50.2 Å². The molecule has 0 aliphatic heterocycles. The third-order valence-corrected chi connectivity index (χ3v) is 2.39. The van der Waals surface area contributed by atoms with E-state index in [2.05, 4.69) is 20.6 Å². The fraction of sp³-hybridized carbons (Fsp3) is 0.615. The lowest BCUT2D eigenvalue weighted by Crippen LogP contribution is -2.28. The van der Waals surface area contributed by atoms with Crippen LogP contribution in [0, 0.1) is 6.92 Å². The first-order valence-electron chi connectivity index (χ1n) is 6.63. The summed E-state index contributed by atoms with van der Waals surface area (Å²) >= 11 is 0. The summed E-state index contributed by atoms with van der Waals surface area (Å²) in [5.41, 5.74) is 0. The number of aryl methyl sites for hydroxylation is 1. The van der Waals surface area contributed by atoms with E-state index in [-0.39, 0.29) is 5.91 Å². The zero-order chi connectivity index (χ0) is 14.8. The van der Waals surface area contributed by atoms with Gasteiger partial charge in [0.2, 0.25) is 11.8 Å². The van der Waals surface area contributed by atoms with Crippen molar-refractivity contribution in [2.75, 3.05) is 38.7 Å². The van der Waals surface area contributed by atoms with Crippen molar-refractivity contribution in [1.29, 1.82) is 0 Å². The Hall–Kier alpha value is -1.89. The van der Waals surface area contributed by atoms with Gasteiger partial charge < -0.3 is 20.1 Å². The van der Waals surface area contributed by atoms with Gasteiger partial charge in [-0.25, -0.2) is 4.98 Å². The van der Waals surface area contributed by atoms with Crippen LogP contribution in [0.2, 0.25) is 0 Å². The van der Waals surface area contributed by atoms with Crippen molar-refractivity contribution in [2.45, 2.75) is 20.3 Å². The molecule has 1 aromatic rings. The zero-order valence-electron chi connectivity index (χ0n) is 12.2. The van der Waals surface area contributed by atoms with E-state index < -0.39 is 0 Å². The summed E-state index contributed by atoms with van der Waals surface area (Å²) in [7, 11) is 1.60. The number of ether oxygens (including phenoxy) is 2. The Balaban J connectivity index is 2.36. The number of hydrogen-bond acceptors (Lipinski definition) is 6. The summed E-state index contributed by atoms with van der Waals surface area (Å²) in [6.45, 7) is 5.79. The molecule has 0 saturated heterocycles. The molecule has 2 N–H and O–H groups in total. The monoisotopic (exact) mass is 282 g/mol. The third-order valence-electron chi connectivity index (χ3n) is 2.39. The van der Waals surface area contributed by atoms with Gasteiger partial charge in [-0.1, -0.05) is 0 Å². The van der Waals surface area contributed by atoms with E-state index in [9.17, 15) is 4.79 Å². The maximum atomic E-state index is 11.5. The number of nitrogens with zero attached hydrogens (tertiary/aromatic N) is 2. The number of nitrogens with one attached hydrogen (secondary N) is 2. The van der Waals surface area contributed by atoms with Gasteiger partial charge in [-0.05, 0) is 13.8 Å². The number of carbonyl (C=O) groups is 1. The second-order valence-electron chi connectivity index (χ2n) is 4.09. The van der Waals surface area contributed by atoms with Crippen LogP contribution in [-0.2, 0) is 9.53 Å². The summed E-state index contributed by atoms with van der Waals surface area (Å²) in [5, 5.41) is 5.83. The molecule has 0 unspecified atom stereocenters. The molecular weight excluding hydrogens is 260 g/mol. The van der Waals surface area contributed by atoms with Crippen molar-refractivity contribution >= 4 is 11.7 Å². The number of amides is 1. The Morgan fingerprint density at radius 3 is 2.85 bits per heavy atom. The lowest BCUT2D eigenvalue weighted by atomic mass is 10.4. The van der Waals surface area contributed by atoms with E-state index in [4.69, 9.17) is 9.47 Å². The van der Waals surface area contributed by atoms with Crippen molar-refractivity contribution in [3.63, 3.8) is 0 Å². The molecule has 112 valence electrons. The highest BCUT2D eigenvalue weighted by Crippen LogP contribution is 2.13. The van der Waals surface area contributed by atoms with Crippen molar-refractivity contribution in [1.82, 2.24) is 15.3 Å². The fourth-order valence-corrected chi connectivity index (χ4v) is 1.54. The highest BCUT2D eigenvalue weighted by molar-refractivity contribution is 5.76. The van der Waals surface area contributed by atoms with Gasteiger partial charge in [-0.15, -0.1) is 0 Å². The molecule has 0 atom stereocenters. The molecular formula is C13H22N4O3. The van der Waals surface area contributed by atoms with Crippen LogP contribution in [-0.4, -0.2) is 49.3 Å². The van der Waals surface area contributed by atoms with Crippen LogP contribution in [0.15, 0.2) is 6.07 Å². The number of hydrogen-bond donors (Lipinski definition) is 2. The van der Waals surface area contributed by atoms with Crippen molar-refractivity contribution < 1.29 is 14.3 Å². The van der Waals surface area contributed by atoms with Crippen molar-refractivity contribution in [3.8, 4) is 5.88 Å². The lowest BCUT2D eigenvalue weighted by Gasteiger charge is -2.09. The Labute approximate surface area is 119 Å². The van der Waals surface area contributed by atoms with Gasteiger partial charge in [0.05, 0.1) is 13.2 Å². The summed E-state index contributed by atoms with van der Waals surface area (Å²) in [6, 6.07) is 1.72. The molecule has 0 aliphatic rings. The minimum atomic E-state index is -0.0228. The molecule has 0 fully saturated rings. The van der Waals surface area contributed by atoms with Crippen LogP contribution in [0.3, 0.4) is 0 Å². The normalized spacial score (nSPS) is 10.2. The van der Waals surface area contributed by atoms with E-state index in [1.807, 2.05) is 6.92 Å². The molecule has 1 rings (SSSR count). The zero-order valence-corrected chi connectivity index (χ0v) is 12.2. The molecule has 1 aromatic heterocycles. The van der Waals surface area contributed by atoms with Gasteiger partial charge in [-0.3, -0.25) is 4.79 Å². The van der Waals surface area contributed by atoms with Crippen LogP contribution in [0.4, 0.5) is 5.82 Å². The maximum absolute atomic E-state index is 11.5. The second kappa shape index (κ2) is 9.08. The van der Waals surface area contributed by atoms with Gasteiger partial charge >= 0.3 is 0 Å². The maximum Gasteiger partial charge on any atom is 0.221 e. The molecule has 0 bridgehead atoms. The average molecular weight is 282 g/mol. The van der Waals surface area contributed by atoms with Crippen LogP contribution in [0.1, 0.15) is 19.2 Å².